The van der Waals surface area contributed by atoms with Gasteiger partial charge in [-0.3, -0.25) is 0 Å². The van der Waals surface area contributed by atoms with Gasteiger partial charge in [-0.2, -0.15) is 0 Å². The molecule has 0 bridgehead atoms. The summed E-state index contributed by atoms with van der Waals surface area (Å²) in [5.74, 6) is 1.23. The van der Waals surface area contributed by atoms with E-state index in [1.165, 1.54) is 24.1 Å². The lowest BCUT2D eigenvalue weighted by Gasteiger charge is -2.43. The first-order chi connectivity index (χ1) is 12.5. The predicted octanol–water partition coefficient (Wildman–Crippen LogP) is 4.28. The average Bonchev–Trinajstić information content (AvgIpc) is 3.35. The van der Waals surface area contributed by atoms with Crippen LogP contribution in [0.4, 0.5) is 9.18 Å². The molecule has 2 aliphatic carbocycles. The van der Waals surface area contributed by atoms with Crippen molar-refractivity contribution < 1.29 is 9.18 Å². The van der Waals surface area contributed by atoms with Crippen LogP contribution in [0.15, 0.2) is 48.5 Å². The fourth-order valence-electron chi connectivity index (χ4n) is 5.04. The van der Waals surface area contributed by atoms with Crippen molar-refractivity contribution in [2.24, 2.45) is 11.8 Å². The molecule has 0 spiro atoms. The fourth-order valence-corrected chi connectivity index (χ4v) is 5.04. The van der Waals surface area contributed by atoms with E-state index in [2.05, 4.69) is 24.4 Å². The van der Waals surface area contributed by atoms with Gasteiger partial charge in [0.05, 0.1) is 6.04 Å². The highest BCUT2D eigenvalue weighted by molar-refractivity contribution is 5.77. The molecule has 0 radical (unpaired) electrons. The van der Waals surface area contributed by atoms with Crippen molar-refractivity contribution in [2.45, 2.75) is 37.8 Å². The molecule has 1 heterocycles. The quantitative estimate of drug-likeness (QED) is 0.861. The van der Waals surface area contributed by atoms with E-state index in [1.807, 2.05) is 17.0 Å². The van der Waals surface area contributed by atoms with Crippen LogP contribution in [-0.2, 0) is 6.42 Å². The van der Waals surface area contributed by atoms with Gasteiger partial charge < -0.3 is 10.2 Å². The number of rotatable bonds is 2. The first-order valence-electron chi connectivity index (χ1n) is 9.47. The van der Waals surface area contributed by atoms with Gasteiger partial charge in [0, 0.05) is 12.1 Å². The number of amides is 2. The Morgan fingerprint density at radius 2 is 1.96 bits per heavy atom. The monoisotopic (exact) mass is 350 g/mol. The SMILES string of the molecule is C[C@]1(NC(=O)N2CCc3ccccc3[C@@H]2c2ccc(F)cc2)C[C@@H]2CC21. The lowest BCUT2D eigenvalue weighted by atomic mass is 9.78. The maximum Gasteiger partial charge on any atom is 0.318 e. The van der Waals surface area contributed by atoms with E-state index in [-0.39, 0.29) is 23.4 Å². The summed E-state index contributed by atoms with van der Waals surface area (Å²) in [6, 6.07) is 14.6. The van der Waals surface area contributed by atoms with E-state index in [4.69, 9.17) is 0 Å². The zero-order valence-corrected chi connectivity index (χ0v) is 14.9. The summed E-state index contributed by atoms with van der Waals surface area (Å²) < 4.78 is 13.4. The fraction of sp³-hybridized carbons (Fsp3) is 0.409. The molecule has 1 N–H and O–H groups in total. The third-order valence-corrected chi connectivity index (χ3v) is 6.55. The van der Waals surface area contributed by atoms with Crippen LogP contribution in [-0.4, -0.2) is 23.0 Å². The van der Waals surface area contributed by atoms with Crippen LogP contribution in [0.2, 0.25) is 0 Å². The summed E-state index contributed by atoms with van der Waals surface area (Å²) in [5.41, 5.74) is 3.31. The van der Waals surface area contributed by atoms with Crippen molar-refractivity contribution >= 4 is 6.03 Å². The minimum Gasteiger partial charge on any atom is -0.333 e. The highest BCUT2D eigenvalue weighted by atomic mass is 19.1. The highest BCUT2D eigenvalue weighted by Crippen LogP contribution is 2.62. The van der Waals surface area contributed by atoms with Crippen LogP contribution >= 0.6 is 0 Å². The smallest absolute Gasteiger partial charge is 0.318 e. The maximum absolute atomic E-state index is 13.4. The second-order valence-electron chi connectivity index (χ2n) is 8.25. The van der Waals surface area contributed by atoms with E-state index in [9.17, 15) is 9.18 Å². The Morgan fingerprint density at radius 3 is 2.65 bits per heavy atom. The third kappa shape index (κ3) is 2.43. The van der Waals surface area contributed by atoms with Gasteiger partial charge in [-0.05, 0) is 66.8 Å². The van der Waals surface area contributed by atoms with Gasteiger partial charge in [0.15, 0.2) is 0 Å². The topological polar surface area (TPSA) is 32.3 Å². The lowest BCUT2D eigenvalue weighted by Crippen LogP contribution is -2.58. The van der Waals surface area contributed by atoms with Gasteiger partial charge in [0.1, 0.15) is 5.82 Å². The number of carbonyl (C=O) groups excluding carboxylic acids is 1. The number of nitrogens with one attached hydrogen (secondary N) is 1. The summed E-state index contributed by atoms with van der Waals surface area (Å²) >= 11 is 0. The van der Waals surface area contributed by atoms with Gasteiger partial charge in [0.2, 0.25) is 0 Å². The molecule has 5 rings (SSSR count). The molecule has 3 nitrogen and oxygen atoms in total. The molecule has 1 aliphatic heterocycles. The highest BCUT2D eigenvalue weighted by Gasteiger charge is 2.62. The maximum atomic E-state index is 13.4. The summed E-state index contributed by atoms with van der Waals surface area (Å²) in [4.78, 5) is 15.1. The molecule has 0 saturated heterocycles. The van der Waals surface area contributed by atoms with E-state index in [0.29, 0.717) is 12.5 Å². The van der Waals surface area contributed by atoms with Crippen molar-refractivity contribution in [1.29, 1.82) is 0 Å². The van der Waals surface area contributed by atoms with Gasteiger partial charge >= 0.3 is 6.03 Å². The van der Waals surface area contributed by atoms with Crippen molar-refractivity contribution in [2.75, 3.05) is 6.54 Å². The number of urea groups is 1. The predicted molar refractivity (Wildman–Crippen MR) is 98.2 cm³/mol. The molecule has 2 amide bonds. The molecule has 2 saturated carbocycles. The molecular weight excluding hydrogens is 327 g/mol. The van der Waals surface area contributed by atoms with Crippen LogP contribution in [0.25, 0.3) is 0 Å². The Hall–Kier alpha value is -2.36. The minimum absolute atomic E-state index is 0.00155. The average molecular weight is 350 g/mol. The molecule has 2 aromatic carbocycles. The second-order valence-corrected chi connectivity index (χ2v) is 8.25. The Kier molecular flexibility index (Phi) is 3.40. The largest absolute Gasteiger partial charge is 0.333 e. The molecule has 26 heavy (non-hydrogen) atoms. The van der Waals surface area contributed by atoms with E-state index in [1.54, 1.807) is 12.1 Å². The summed E-state index contributed by atoms with van der Waals surface area (Å²) in [6.45, 7) is 2.85. The van der Waals surface area contributed by atoms with Crippen molar-refractivity contribution in [3.8, 4) is 0 Å². The molecule has 2 fully saturated rings. The van der Waals surface area contributed by atoms with E-state index >= 15 is 0 Å². The zero-order valence-electron chi connectivity index (χ0n) is 14.9. The second kappa shape index (κ2) is 5.57. The summed E-state index contributed by atoms with van der Waals surface area (Å²) in [5, 5.41) is 3.31. The van der Waals surface area contributed by atoms with Gasteiger partial charge in [0.25, 0.3) is 0 Å². The van der Waals surface area contributed by atoms with Gasteiger partial charge in [-0.25, -0.2) is 9.18 Å². The Bertz CT molecular complexity index is 865. The van der Waals surface area contributed by atoms with Crippen molar-refractivity contribution in [1.82, 2.24) is 10.2 Å². The lowest BCUT2D eigenvalue weighted by molar-refractivity contribution is 0.140. The Morgan fingerprint density at radius 1 is 1.19 bits per heavy atom. The molecule has 1 unspecified atom stereocenters. The minimum atomic E-state index is -0.254. The number of halogens is 1. The number of carbonyl (C=O) groups is 1. The first kappa shape index (κ1) is 15.9. The van der Waals surface area contributed by atoms with Gasteiger partial charge in [-0.15, -0.1) is 0 Å². The molecule has 0 aromatic heterocycles. The number of hydrogen-bond donors (Lipinski definition) is 1. The molecule has 3 aliphatic rings. The van der Waals surface area contributed by atoms with E-state index < -0.39 is 0 Å². The summed E-state index contributed by atoms with van der Waals surface area (Å²) in [7, 11) is 0. The third-order valence-electron chi connectivity index (χ3n) is 6.55. The van der Waals surface area contributed by atoms with Crippen molar-refractivity contribution in [3.63, 3.8) is 0 Å². The molecule has 4 heteroatoms. The number of fused-ring (bicyclic) bond motifs is 2. The molecule has 134 valence electrons. The van der Waals surface area contributed by atoms with Crippen LogP contribution in [0.3, 0.4) is 0 Å². The van der Waals surface area contributed by atoms with Gasteiger partial charge in [-0.1, -0.05) is 36.4 Å². The van der Waals surface area contributed by atoms with Crippen LogP contribution in [0.1, 0.15) is 42.5 Å². The van der Waals surface area contributed by atoms with Crippen LogP contribution in [0.5, 0.6) is 0 Å². The number of benzene rings is 2. The molecule has 4 atom stereocenters. The van der Waals surface area contributed by atoms with Crippen LogP contribution < -0.4 is 5.32 Å². The Balaban J connectivity index is 1.49. The number of nitrogens with zero attached hydrogens (tertiary/aromatic N) is 1. The first-order valence-corrected chi connectivity index (χ1v) is 9.47. The molecule has 2 aromatic rings. The van der Waals surface area contributed by atoms with Crippen LogP contribution in [0, 0.1) is 17.7 Å². The number of hydrogen-bond acceptors (Lipinski definition) is 1. The van der Waals surface area contributed by atoms with Crippen molar-refractivity contribution in [3.05, 3.63) is 71.0 Å². The Labute approximate surface area is 153 Å². The molecular formula is C22H23FN2O. The normalized spacial score (nSPS) is 31.5. The zero-order chi connectivity index (χ0) is 17.9. The summed E-state index contributed by atoms with van der Waals surface area (Å²) in [6.07, 6.45) is 3.19. The standard InChI is InChI=1S/C22H23FN2O/c1-22(13-16-12-19(16)22)24-21(26)25-11-10-14-4-2-3-5-18(14)20(25)15-6-8-17(23)9-7-15/h2-9,16,19-20H,10-13H2,1H3,(H,24,26)/t16-,19?,20-,22-/m0/s1. The van der Waals surface area contributed by atoms with E-state index in [0.717, 1.165) is 29.9 Å².